The minimum Gasteiger partial charge on any atom is -0.497 e. The number of benzene rings is 1. The van der Waals surface area contributed by atoms with Crippen LogP contribution < -0.4 is 4.74 Å². The molecular formula is C14H20O5S. The SMILES string of the molecule is COc1cccc(S(=O)(=O)C[C@@H](C(=O)O)C(C)(C)C)c1. The number of sulfone groups is 1. The average molecular weight is 300 g/mol. The molecule has 0 unspecified atom stereocenters. The first-order chi connectivity index (χ1) is 9.08. The molecule has 6 heteroatoms. The van der Waals surface area contributed by atoms with Gasteiger partial charge in [-0.1, -0.05) is 26.8 Å². The van der Waals surface area contributed by atoms with Crippen molar-refractivity contribution in [1.29, 1.82) is 0 Å². The zero-order valence-electron chi connectivity index (χ0n) is 12.1. The fourth-order valence-electron chi connectivity index (χ4n) is 1.80. The van der Waals surface area contributed by atoms with Crippen molar-refractivity contribution in [3.8, 4) is 5.75 Å². The van der Waals surface area contributed by atoms with Crippen LogP contribution in [0.15, 0.2) is 29.2 Å². The van der Waals surface area contributed by atoms with E-state index in [1.165, 1.54) is 19.2 Å². The van der Waals surface area contributed by atoms with E-state index in [4.69, 9.17) is 4.74 Å². The second-order valence-corrected chi connectivity index (χ2v) is 7.75. The Morgan fingerprint density at radius 1 is 1.35 bits per heavy atom. The first kappa shape index (κ1) is 16.5. The lowest BCUT2D eigenvalue weighted by atomic mass is 9.82. The van der Waals surface area contributed by atoms with Crippen molar-refractivity contribution in [2.24, 2.45) is 11.3 Å². The summed E-state index contributed by atoms with van der Waals surface area (Å²) in [5, 5.41) is 9.23. The van der Waals surface area contributed by atoms with Gasteiger partial charge in [0.25, 0.3) is 0 Å². The predicted molar refractivity (Wildman–Crippen MR) is 75.6 cm³/mol. The van der Waals surface area contributed by atoms with Crippen LogP contribution in [0.25, 0.3) is 0 Å². The van der Waals surface area contributed by atoms with Crippen molar-refractivity contribution in [2.75, 3.05) is 12.9 Å². The second-order valence-electron chi connectivity index (χ2n) is 5.72. The van der Waals surface area contributed by atoms with Gasteiger partial charge in [-0.3, -0.25) is 4.79 Å². The van der Waals surface area contributed by atoms with Crippen LogP contribution >= 0.6 is 0 Å². The van der Waals surface area contributed by atoms with Crippen LogP contribution in [0.5, 0.6) is 5.75 Å². The molecule has 1 N–H and O–H groups in total. The normalized spacial score (nSPS) is 13.8. The zero-order chi connectivity index (χ0) is 15.6. The Bertz CT molecular complexity index is 584. The summed E-state index contributed by atoms with van der Waals surface area (Å²) in [5.74, 6) is -2.09. The van der Waals surface area contributed by atoms with E-state index in [1.807, 2.05) is 0 Å². The minimum atomic E-state index is -3.68. The third-order valence-electron chi connectivity index (χ3n) is 3.13. The molecule has 0 aliphatic carbocycles. The number of hydrogen-bond acceptors (Lipinski definition) is 4. The third kappa shape index (κ3) is 3.96. The van der Waals surface area contributed by atoms with Gasteiger partial charge in [-0.15, -0.1) is 0 Å². The lowest BCUT2D eigenvalue weighted by Gasteiger charge is -2.26. The van der Waals surface area contributed by atoms with E-state index >= 15 is 0 Å². The van der Waals surface area contributed by atoms with E-state index in [0.717, 1.165) is 0 Å². The molecular weight excluding hydrogens is 280 g/mol. The van der Waals surface area contributed by atoms with Crippen LogP contribution in [0.2, 0.25) is 0 Å². The minimum absolute atomic E-state index is 0.0762. The van der Waals surface area contributed by atoms with Crippen molar-refractivity contribution in [1.82, 2.24) is 0 Å². The second kappa shape index (κ2) is 5.83. The highest BCUT2D eigenvalue weighted by atomic mass is 32.2. The highest BCUT2D eigenvalue weighted by Gasteiger charge is 2.36. The highest BCUT2D eigenvalue weighted by Crippen LogP contribution is 2.30. The molecule has 20 heavy (non-hydrogen) atoms. The van der Waals surface area contributed by atoms with Crippen molar-refractivity contribution < 1.29 is 23.1 Å². The number of ether oxygens (including phenoxy) is 1. The molecule has 0 radical (unpaired) electrons. The summed E-state index contributed by atoms with van der Waals surface area (Å²) in [6, 6.07) is 6.05. The largest absolute Gasteiger partial charge is 0.497 e. The van der Waals surface area contributed by atoms with Crippen LogP contribution in [0.1, 0.15) is 20.8 Å². The molecule has 0 heterocycles. The van der Waals surface area contributed by atoms with Gasteiger partial charge in [0.1, 0.15) is 5.75 Å². The van der Waals surface area contributed by atoms with Gasteiger partial charge in [0.05, 0.1) is 23.7 Å². The maximum atomic E-state index is 12.3. The number of rotatable bonds is 5. The molecule has 0 fully saturated rings. The van der Waals surface area contributed by atoms with Crippen LogP contribution in [-0.2, 0) is 14.6 Å². The molecule has 1 rings (SSSR count). The molecule has 5 nitrogen and oxygen atoms in total. The van der Waals surface area contributed by atoms with Gasteiger partial charge in [0.15, 0.2) is 9.84 Å². The van der Waals surface area contributed by atoms with Gasteiger partial charge in [-0.2, -0.15) is 0 Å². The number of methoxy groups -OCH3 is 1. The molecule has 0 aliphatic rings. The van der Waals surface area contributed by atoms with E-state index in [0.29, 0.717) is 5.75 Å². The van der Waals surface area contributed by atoms with Gasteiger partial charge in [-0.05, 0) is 23.6 Å². The smallest absolute Gasteiger partial charge is 0.308 e. The summed E-state index contributed by atoms with van der Waals surface area (Å²) in [6.07, 6.45) is 0. The van der Waals surface area contributed by atoms with Crippen LogP contribution in [0.4, 0.5) is 0 Å². The molecule has 1 aromatic carbocycles. The molecule has 1 atom stereocenters. The van der Waals surface area contributed by atoms with E-state index < -0.39 is 32.9 Å². The van der Waals surface area contributed by atoms with Crippen molar-refractivity contribution >= 4 is 15.8 Å². The van der Waals surface area contributed by atoms with Gasteiger partial charge < -0.3 is 9.84 Å². The van der Waals surface area contributed by atoms with Gasteiger partial charge in [0.2, 0.25) is 0 Å². The highest BCUT2D eigenvalue weighted by molar-refractivity contribution is 7.91. The standard InChI is InChI=1S/C14H20O5S/c1-14(2,3)12(13(15)16)9-20(17,18)11-7-5-6-10(8-11)19-4/h5-8,12H,9H2,1-4H3,(H,15,16)/t12-/m0/s1. The summed E-state index contributed by atoms with van der Waals surface area (Å²) < 4.78 is 29.7. The molecule has 0 amide bonds. The maximum Gasteiger partial charge on any atom is 0.308 e. The summed E-state index contributed by atoms with van der Waals surface area (Å²) >= 11 is 0. The molecule has 0 saturated carbocycles. The van der Waals surface area contributed by atoms with Crippen molar-refractivity contribution in [3.63, 3.8) is 0 Å². The molecule has 0 aliphatic heterocycles. The lowest BCUT2D eigenvalue weighted by Crippen LogP contribution is -2.34. The van der Waals surface area contributed by atoms with E-state index in [-0.39, 0.29) is 4.90 Å². The summed E-state index contributed by atoms with van der Waals surface area (Å²) in [7, 11) is -2.24. The Balaban J connectivity index is 3.13. The molecule has 0 spiro atoms. The van der Waals surface area contributed by atoms with Crippen LogP contribution in [0, 0.1) is 11.3 Å². The van der Waals surface area contributed by atoms with E-state index in [1.54, 1.807) is 32.9 Å². The lowest BCUT2D eigenvalue weighted by molar-refractivity contribution is -0.144. The van der Waals surface area contributed by atoms with Crippen LogP contribution in [0.3, 0.4) is 0 Å². The molecule has 0 saturated heterocycles. The molecule has 0 aromatic heterocycles. The summed E-state index contributed by atoms with van der Waals surface area (Å²) in [6.45, 7) is 5.15. The number of carboxylic acids is 1. The monoisotopic (exact) mass is 300 g/mol. The average Bonchev–Trinajstić information content (AvgIpc) is 2.34. The first-order valence-corrected chi connectivity index (χ1v) is 7.83. The number of carboxylic acid groups (broad SMARTS) is 1. The number of aliphatic carboxylic acids is 1. The molecule has 112 valence electrons. The fraction of sp³-hybridized carbons (Fsp3) is 0.500. The first-order valence-electron chi connectivity index (χ1n) is 6.17. The third-order valence-corrected chi connectivity index (χ3v) is 4.87. The van der Waals surface area contributed by atoms with Crippen LogP contribution in [-0.4, -0.2) is 32.4 Å². The number of hydrogen-bond donors (Lipinski definition) is 1. The molecule has 0 bridgehead atoms. The van der Waals surface area contributed by atoms with Gasteiger partial charge in [-0.25, -0.2) is 8.42 Å². The van der Waals surface area contributed by atoms with Gasteiger partial charge in [0, 0.05) is 0 Å². The maximum absolute atomic E-state index is 12.3. The zero-order valence-corrected chi connectivity index (χ0v) is 12.9. The Labute approximate surface area is 119 Å². The molecule has 1 aromatic rings. The van der Waals surface area contributed by atoms with E-state index in [2.05, 4.69) is 0 Å². The van der Waals surface area contributed by atoms with Crippen molar-refractivity contribution in [3.05, 3.63) is 24.3 Å². The van der Waals surface area contributed by atoms with E-state index in [9.17, 15) is 18.3 Å². The Kier molecular flexibility index (Phi) is 4.81. The van der Waals surface area contributed by atoms with Gasteiger partial charge >= 0.3 is 5.97 Å². The Hall–Kier alpha value is -1.56. The Morgan fingerprint density at radius 3 is 2.40 bits per heavy atom. The summed E-state index contributed by atoms with van der Waals surface area (Å²) in [4.78, 5) is 11.4. The summed E-state index contributed by atoms with van der Waals surface area (Å²) in [5.41, 5.74) is -0.641. The topological polar surface area (TPSA) is 80.7 Å². The fourth-order valence-corrected chi connectivity index (χ4v) is 3.66. The number of carbonyl (C=O) groups is 1. The van der Waals surface area contributed by atoms with Crippen molar-refractivity contribution in [2.45, 2.75) is 25.7 Å². The quantitative estimate of drug-likeness (QED) is 0.901. The Morgan fingerprint density at radius 2 is 1.95 bits per heavy atom. The predicted octanol–water partition coefficient (Wildman–Crippen LogP) is 2.22.